The van der Waals surface area contributed by atoms with Gasteiger partial charge in [0.25, 0.3) is 0 Å². The highest BCUT2D eigenvalue weighted by Gasteiger charge is 2.24. The van der Waals surface area contributed by atoms with Crippen molar-refractivity contribution in [1.29, 1.82) is 0 Å². The van der Waals surface area contributed by atoms with Crippen LogP contribution in [0.3, 0.4) is 0 Å². The minimum Gasteiger partial charge on any atom is -0.370 e. The van der Waals surface area contributed by atoms with Gasteiger partial charge in [-0.1, -0.05) is 18.2 Å². The third-order valence-corrected chi connectivity index (χ3v) is 4.76. The molecule has 0 aliphatic carbocycles. The van der Waals surface area contributed by atoms with Crippen molar-refractivity contribution in [1.82, 2.24) is 30.1 Å². The summed E-state index contributed by atoms with van der Waals surface area (Å²) in [5.41, 5.74) is 2.22. The normalized spacial score (nSPS) is 17.5. The standard InChI is InChI=1S/C19H23N7/c1-15-7-9-20-18(11-15)21-12-16-8-10-25(13-16)14-19-22-23-24-26(19)17-5-3-2-4-6-17/h2-7,9,11,16H,8,10,12-14H2,1H3,(H,20,21)/t16-/m0/s1. The summed E-state index contributed by atoms with van der Waals surface area (Å²) < 4.78 is 1.82. The maximum absolute atomic E-state index is 4.37. The van der Waals surface area contributed by atoms with E-state index >= 15 is 0 Å². The number of nitrogens with zero attached hydrogens (tertiary/aromatic N) is 6. The molecule has 0 amide bonds. The average Bonchev–Trinajstić information content (AvgIpc) is 3.31. The number of anilines is 1. The van der Waals surface area contributed by atoms with E-state index in [9.17, 15) is 0 Å². The lowest BCUT2D eigenvalue weighted by Gasteiger charge is -2.16. The summed E-state index contributed by atoms with van der Waals surface area (Å²) in [6, 6.07) is 14.1. The first-order chi connectivity index (χ1) is 12.8. The number of likely N-dealkylation sites (tertiary alicyclic amines) is 1. The second kappa shape index (κ2) is 7.61. The van der Waals surface area contributed by atoms with E-state index in [4.69, 9.17) is 0 Å². The predicted molar refractivity (Wildman–Crippen MR) is 100 cm³/mol. The van der Waals surface area contributed by atoms with Gasteiger partial charge in [0.1, 0.15) is 5.82 Å². The number of para-hydroxylation sites is 1. The van der Waals surface area contributed by atoms with Crippen LogP contribution in [0.4, 0.5) is 5.82 Å². The van der Waals surface area contributed by atoms with Crippen LogP contribution in [0.1, 0.15) is 17.8 Å². The topological polar surface area (TPSA) is 71.8 Å². The Labute approximate surface area is 153 Å². The molecule has 0 saturated carbocycles. The van der Waals surface area contributed by atoms with Crippen LogP contribution in [0.2, 0.25) is 0 Å². The zero-order valence-corrected chi connectivity index (χ0v) is 14.9. The number of benzene rings is 1. The van der Waals surface area contributed by atoms with Crippen molar-refractivity contribution in [2.45, 2.75) is 19.9 Å². The minimum absolute atomic E-state index is 0.610. The molecule has 26 heavy (non-hydrogen) atoms. The highest BCUT2D eigenvalue weighted by atomic mass is 15.5. The van der Waals surface area contributed by atoms with Crippen molar-refractivity contribution in [3.63, 3.8) is 0 Å². The van der Waals surface area contributed by atoms with Crippen molar-refractivity contribution in [3.8, 4) is 5.69 Å². The Morgan fingerprint density at radius 3 is 2.92 bits per heavy atom. The first kappa shape index (κ1) is 16.7. The fourth-order valence-electron chi connectivity index (χ4n) is 3.38. The summed E-state index contributed by atoms with van der Waals surface area (Å²) in [5, 5.41) is 15.7. The summed E-state index contributed by atoms with van der Waals surface area (Å²) in [6.45, 7) is 5.90. The van der Waals surface area contributed by atoms with Gasteiger partial charge in [-0.05, 0) is 66.1 Å². The molecule has 7 nitrogen and oxygen atoms in total. The van der Waals surface area contributed by atoms with Crippen LogP contribution in [0, 0.1) is 12.8 Å². The number of aromatic nitrogens is 5. The van der Waals surface area contributed by atoms with Gasteiger partial charge in [-0.2, -0.15) is 4.68 Å². The van der Waals surface area contributed by atoms with E-state index < -0.39 is 0 Å². The van der Waals surface area contributed by atoms with Crippen LogP contribution in [0.25, 0.3) is 5.69 Å². The molecule has 1 aliphatic rings. The number of hydrogen-bond donors (Lipinski definition) is 1. The molecule has 0 unspecified atom stereocenters. The van der Waals surface area contributed by atoms with Crippen LogP contribution >= 0.6 is 0 Å². The van der Waals surface area contributed by atoms with Crippen molar-refractivity contribution >= 4 is 5.82 Å². The van der Waals surface area contributed by atoms with E-state index in [0.717, 1.165) is 43.5 Å². The van der Waals surface area contributed by atoms with Gasteiger partial charge in [-0.3, -0.25) is 4.90 Å². The van der Waals surface area contributed by atoms with E-state index in [2.05, 4.69) is 43.7 Å². The Morgan fingerprint density at radius 1 is 1.19 bits per heavy atom. The van der Waals surface area contributed by atoms with Crippen molar-refractivity contribution in [3.05, 3.63) is 60.0 Å². The van der Waals surface area contributed by atoms with Crippen molar-refractivity contribution in [2.75, 3.05) is 25.0 Å². The van der Waals surface area contributed by atoms with Crippen molar-refractivity contribution < 1.29 is 0 Å². The Balaban J connectivity index is 1.33. The van der Waals surface area contributed by atoms with Gasteiger partial charge in [0.2, 0.25) is 0 Å². The fraction of sp³-hybridized carbons (Fsp3) is 0.368. The summed E-state index contributed by atoms with van der Waals surface area (Å²) in [5.74, 6) is 2.44. The minimum atomic E-state index is 0.610. The molecule has 0 spiro atoms. The van der Waals surface area contributed by atoms with Crippen LogP contribution in [0.5, 0.6) is 0 Å². The predicted octanol–water partition coefficient (Wildman–Crippen LogP) is 2.30. The fourth-order valence-corrected chi connectivity index (χ4v) is 3.38. The van der Waals surface area contributed by atoms with Gasteiger partial charge in [0.05, 0.1) is 12.2 Å². The summed E-state index contributed by atoms with van der Waals surface area (Å²) in [4.78, 5) is 6.79. The molecular formula is C19H23N7. The van der Waals surface area contributed by atoms with Gasteiger partial charge >= 0.3 is 0 Å². The van der Waals surface area contributed by atoms with Crippen LogP contribution in [0.15, 0.2) is 48.7 Å². The molecule has 1 aromatic carbocycles. The highest BCUT2D eigenvalue weighted by molar-refractivity contribution is 5.37. The molecule has 3 aromatic rings. The quantitative estimate of drug-likeness (QED) is 0.736. The maximum Gasteiger partial charge on any atom is 0.170 e. The largest absolute Gasteiger partial charge is 0.370 e. The molecule has 2 aromatic heterocycles. The Bertz CT molecular complexity index is 846. The molecule has 1 aliphatic heterocycles. The molecule has 0 bridgehead atoms. The number of tetrazole rings is 1. The van der Waals surface area contributed by atoms with E-state index in [-0.39, 0.29) is 0 Å². The van der Waals surface area contributed by atoms with Crippen LogP contribution in [-0.4, -0.2) is 49.7 Å². The summed E-state index contributed by atoms with van der Waals surface area (Å²) >= 11 is 0. The smallest absolute Gasteiger partial charge is 0.170 e. The second-order valence-corrected chi connectivity index (χ2v) is 6.83. The zero-order valence-electron chi connectivity index (χ0n) is 14.9. The molecule has 134 valence electrons. The Morgan fingerprint density at radius 2 is 2.08 bits per heavy atom. The van der Waals surface area contributed by atoms with E-state index in [1.54, 1.807) is 0 Å². The van der Waals surface area contributed by atoms with Gasteiger partial charge in [0, 0.05) is 19.3 Å². The molecule has 1 N–H and O–H groups in total. The average molecular weight is 349 g/mol. The zero-order chi connectivity index (χ0) is 17.8. The third kappa shape index (κ3) is 3.88. The van der Waals surface area contributed by atoms with Gasteiger partial charge in [-0.25, -0.2) is 4.98 Å². The number of hydrogen-bond acceptors (Lipinski definition) is 6. The van der Waals surface area contributed by atoms with Gasteiger partial charge < -0.3 is 5.32 Å². The lowest BCUT2D eigenvalue weighted by Crippen LogP contribution is -2.24. The number of pyridine rings is 1. The molecule has 4 rings (SSSR count). The lowest BCUT2D eigenvalue weighted by atomic mass is 10.1. The molecule has 1 saturated heterocycles. The molecule has 0 radical (unpaired) electrons. The van der Waals surface area contributed by atoms with Crippen molar-refractivity contribution in [2.24, 2.45) is 5.92 Å². The maximum atomic E-state index is 4.37. The first-order valence-electron chi connectivity index (χ1n) is 8.99. The van der Waals surface area contributed by atoms with E-state index in [1.165, 1.54) is 12.0 Å². The number of aryl methyl sites for hydroxylation is 1. The third-order valence-electron chi connectivity index (χ3n) is 4.76. The Hall–Kier alpha value is -2.80. The molecule has 7 heteroatoms. The lowest BCUT2D eigenvalue weighted by molar-refractivity contribution is 0.307. The van der Waals surface area contributed by atoms with Gasteiger partial charge in [-0.15, -0.1) is 5.10 Å². The Kier molecular flexibility index (Phi) is 4.88. The van der Waals surface area contributed by atoms with E-state index in [1.807, 2.05) is 47.3 Å². The first-order valence-corrected chi connectivity index (χ1v) is 8.99. The summed E-state index contributed by atoms with van der Waals surface area (Å²) in [6.07, 6.45) is 3.02. The molecule has 1 fully saturated rings. The van der Waals surface area contributed by atoms with Crippen LogP contribution < -0.4 is 5.32 Å². The number of rotatable bonds is 6. The monoisotopic (exact) mass is 349 g/mol. The summed E-state index contributed by atoms with van der Waals surface area (Å²) in [7, 11) is 0. The van der Waals surface area contributed by atoms with Gasteiger partial charge in [0.15, 0.2) is 5.82 Å². The molecular weight excluding hydrogens is 326 g/mol. The molecule has 3 heterocycles. The highest BCUT2D eigenvalue weighted by Crippen LogP contribution is 2.19. The van der Waals surface area contributed by atoms with Crippen LogP contribution in [-0.2, 0) is 6.54 Å². The number of nitrogens with one attached hydrogen (secondary N) is 1. The van der Waals surface area contributed by atoms with E-state index in [0.29, 0.717) is 5.92 Å². The SMILES string of the molecule is Cc1ccnc(NC[C@@H]2CCN(Cc3nnnn3-c3ccccc3)C2)c1. The molecule has 1 atom stereocenters. The second-order valence-electron chi connectivity index (χ2n) is 6.83.